The minimum absolute atomic E-state index is 0.0557. The molecule has 5 rings (SSSR count). The molecule has 0 saturated carbocycles. The van der Waals surface area contributed by atoms with E-state index in [9.17, 15) is 9.90 Å². The van der Waals surface area contributed by atoms with Gasteiger partial charge in [0.1, 0.15) is 42.9 Å². The molecule has 46 heavy (non-hydrogen) atoms. The summed E-state index contributed by atoms with van der Waals surface area (Å²) in [5.41, 5.74) is 1.69. The molecule has 7 atom stereocenters. The van der Waals surface area contributed by atoms with E-state index in [1.165, 1.54) is 12.0 Å². The number of hydrogen-bond acceptors (Lipinski definition) is 10. The van der Waals surface area contributed by atoms with E-state index in [1.54, 1.807) is 20.8 Å². The molecule has 0 bridgehead atoms. The molecule has 252 valence electrons. The van der Waals surface area contributed by atoms with Gasteiger partial charge in [-0.3, -0.25) is 4.90 Å². The second-order valence-electron chi connectivity index (χ2n) is 13.2. The number of methoxy groups -OCH3 is 1. The van der Waals surface area contributed by atoms with Gasteiger partial charge in [-0.25, -0.2) is 4.79 Å². The van der Waals surface area contributed by atoms with Gasteiger partial charge in [-0.15, -0.1) is 0 Å². The summed E-state index contributed by atoms with van der Waals surface area (Å²) in [5.74, 6) is -0.877. The van der Waals surface area contributed by atoms with Crippen LogP contribution in [0.5, 0.6) is 0 Å². The summed E-state index contributed by atoms with van der Waals surface area (Å²) in [7, 11) is 1.50. The monoisotopic (exact) mass is 641 g/mol. The Morgan fingerprint density at radius 2 is 1.65 bits per heavy atom. The maximum atomic E-state index is 13.4. The van der Waals surface area contributed by atoms with E-state index in [0.29, 0.717) is 18.8 Å². The minimum atomic E-state index is -1.25. The third-order valence-corrected chi connectivity index (χ3v) is 7.94. The van der Waals surface area contributed by atoms with Crippen LogP contribution in [0.1, 0.15) is 45.7 Å². The van der Waals surface area contributed by atoms with E-state index in [0.717, 1.165) is 11.1 Å². The summed E-state index contributed by atoms with van der Waals surface area (Å²) < 4.78 is 48.1. The number of carbonyl (C=O) groups excluding carboxylic acids is 1. The van der Waals surface area contributed by atoms with Crippen LogP contribution in [0.3, 0.4) is 0 Å². The van der Waals surface area contributed by atoms with Gasteiger partial charge in [0.05, 0.1) is 32.4 Å². The number of rotatable bonds is 12. The maximum Gasteiger partial charge on any atom is 0.410 e. The summed E-state index contributed by atoms with van der Waals surface area (Å²) in [6.45, 7) is 10.1. The molecule has 1 N–H and O–H groups in total. The fourth-order valence-corrected chi connectivity index (χ4v) is 5.98. The minimum Gasteiger partial charge on any atom is -0.444 e. The van der Waals surface area contributed by atoms with Gasteiger partial charge in [0.2, 0.25) is 0 Å². The Kier molecular flexibility index (Phi) is 11.2. The Morgan fingerprint density at radius 1 is 1.00 bits per heavy atom. The number of likely N-dealkylation sites (tertiary alicyclic amines) is 1. The average Bonchev–Trinajstić information content (AvgIpc) is 3.51. The lowest BCUT2D eigenvalue weighted by Gasteiger charge is -2.40. The molecule has 2 aromatic carbocycles. The Hall–Kier alpha value is -2.87. The van der Waals surface area contributed by atoms with Gasteiger partial charge in [0.15, 0.2) is 12.1 Å². The fraction of sp³-hybridized carbons (Fsp3) is 0.571. The summed E-state index contributed by atoms with van der Waals surface area (Å²) in [4.78, 5) is 14.9. The Labute approximate surface area is 271 Å². The van der Waals surface area contributed by atoms with Crippen LogP contribution in [0, 0.1) is 0 Å². The summed E-state index contributed by atoms with van der Waals surface area (Å²) in [6.07, 6.45) is -3.20. The van der Waals surface area contributed by atoms with Gasteiger partial charge >= 0.3 is 6.09 Å². The number of carbonyl (C=O) groups is 1. The van der Waals surface area contributed by atoms with Crippen molar-refractivity contribution >= 4 is 6.09 Å². The topological polar surface area (TPSA) is 114 Å². The lowest BCUT2D eigenvalue weighted by Crippen LogP contribution is -2.54. The molecule has 0 aromatic heterocycles. The highest BCUT2D eigenvalue weighted by molar-refractivity contribution is 5.69. The second kappa shape index (κ2) is 14.9. The van der Waals surface area contributed by atoms with Crippen molar-refractivity contribution in [1.29, 1.82) is 0 Å². The van der Waals surface area contributed by atoms with Crippen LogP contribution < -0.4 is 0 Å². The van der Waals surface area contributed by atoms with Crippen LogP contribution in [0.25, 0.3) is 0 Å². The molecule has 0 spiro atoms. The van der Waals surface area contributed by atoms with Crippen LogP contribution in [0.15, 0.2) is 72.3 Å². The highest BCUT2D eigenvalue weighted by Gasteiger charge is 2.58. The molecule has 4 unspecified atom stereocenters. The molecule has 11 nitrogen and oxygen atoms in total. The van der Waals surface area contributed by atoms with Crippen molar-refractivity contribution in [3.05, 3.63) is 83.4 Å². The number of fused-ring (bicyclic) bond motifs is 1. The van der Waals surface area contributed by atoms with Gasteiger partial charge in [-0.05, 0) is 51.8 Å². The lowest BCUT2D eigenvalue weighted by molar-refractivity contribution is -0.207. The molecule has 2 saturated heterocycles. The van der Waals surface area contributed by atoms with Crippen molar-refractivity contribution in [3.63, 3.8) is 0 Å². The van der Waals surface area contributed by atoms with E-state index in [2.05, 4.69) is 0 Å². The average molecular weight is 642 g/mol. The predicted molar refractivity (Wildman–Crippen MR) is 167 cm³/mol. The molecular weight excluding hydrogens is 594 g/mol. The second-order valence-corrected chi connectivity index (χ2v) is 13.2. The van der Waals surface area contributed by atoms with E-state index in [1.807, 2.05) is 80.6 Å². The van der Waals surface area contributed by atoms with Crippen molar-refractivity contribution in [2.45, 2.75) is 102 Å². The Balaban J connectivity index is 1.35. The molecule has 1 amide bonds. The number of benzene rings is 2. The fourth-order valence-electron chi connectivity index (χ4n) is 5.98. The highest BCUT2D eigenvalue weighted by Crippen LogP contribution is 2.41. The lowest BCUT2D eigenvalue weighted by atomic mass is 9.93. The van der Waals surface area contributed by atoms with Crippen LogP contribution in [0.4, 0.5) is 4.79 Å². The molecule has 0 radical (unpaired) electrons. The van der Waals surface area contributed by atoms with Gasteiger partial charge in [-0.1, -0.05) is 60.7 Å². The van der Waals surface area contributed by atoms with Gasteiger partial charge in [0.25, 0.3) is 0 Å². The number of aliphatic hydroxyl groups excluding tert-OH is 1. The highest BCUT2D eigenvalue weighted by atomic mass is 16.8. The van der Waals surface area contributed by atoms with Crippen LogP contribution in [-0.2, 0) is 51.1 Å². The van der Waals surface area contributed by atoms with Crippen molar-refractivity contribution in [2.75, 3.05) is 27.1 Å². The zero-order valence-corrected chi connectivity index (χ0v) is 27.5. The smallest absolute Gasteiger partial charge is 0.410 e. The van der Waals surface area contributed by atoms with Gasteiger partial charge in [-0.2, -0.15) is 0 Å². The SMILES string of the molecule is CO[C@H]1OC(COCOCc2ccccc2)[C@@H](OCc2ccccc2)C=C1C(O)[C@@H]1C2OC(C)(C)OC2CN1C(=O)OC(C)(C)C. The van der Waals surface area contributed by atoms with E-state index in [4.69, 9.17) is 37.9 Å². The van der Waals surface area contributed by atoms with Crippen LogP contribution >= 0.6 is 0 Å². The molecule has 3 heterocycles. The van der Waals surface area contributed by atoms with Crippen LogP contribution in [-0.4, -0.2) is 97.4 Å². The third-order valence-electron chi connectivity index (χ3n) is 7.94. The molecule has 3 aliphatic rings. The molecule has 2 aromatic rings. The number of amides is 1. The van der Waals surface area contributed by atoms with Crippen molar-refractivity contribution in [2.24, 2.45) is 0 Å². The Bertz CT molecular complexity index is 1300. The van der Waals surface area contributed by atoms with E-state index in [-0.39, 0.29) is 19.9 Å². The normalized spacial score (nSPS) is 28.1. The molecule has 11 heteroatoms. The van der Waals surface area contributed by atoms with Gasteiger partial charge in [0, 0.05) is 12.7 Å². The third kappa shape index (κ3) is 8.72. The Morgan fingerprint density at radius 3 is 2.28 bits per heavy atom. The van der Waals surface area contributed by atoms with Crippen molar-refractivity contribution in [1.82, 2.24) is 4.90 Å². The standard InChI is InChI=1S/C35H47NO10/c1-34(2,3)46-33(38)36-18-27-31(45-35(4,5)44-27)29(36)30(37)25-17-26(42-20-24-15-11-8-12-16-24)28(43-32(25)39-6)21-41-22-40-19-23-13-9-7-10-14-23/h7-17,26-32,37H,18-22H2,1-6H3/t26-,27?,28?,29+,30?,31?,32-/m0/s1. The summed E-state index contributed by atoms with van der Waals surface area (Å²) in [6, 6.07) is 18.8. The van der Waals surface area contributed by atoms with Gasteiger partial charge < -0.3 is 43.0 Å². The zero-order valence-electron chi connectivity index (χ0n) is 27.5. The largest absolute Gasteiger partial charge is 0.444 e. The van der Waals surface area contributed by atoms with E-state index >= 15 is 0 Å². The molecule has 0 aliphatic carbocycles. The first-order chi connectivity index (χ1) is 21.9. The maximum absolute atomic E-state index is 13.4. The first-order valence-electron chi connectivity index (χ1n) is 15.7. The first-order valence-corrected chi connectivity index (χ1v) is 15.7. The zero-order chi connectivity index (χ0) is 32.9. The van der Waals surface area contributed by atoms with Crippen molar-refractivity contribution < 1.29 is 47.8 Å². The molecule has 3 aliphatic heterocycles. The number of ether oxygens (including phenoxy) is 8. The number of nitrogens with zero attached hydrogens (tertiary/aromatic N) is 1. The van der Waals surface area contributed by atoms with E-state index < -0.39 is 60.3 Å². The quantitative estimate of drug-likeness (QED) is 0.201. The summed E-state index contributed by atoms with van der Waals surface area (Å²) in [5, 5.41) is 12.0. The predicted octanol–water partition coefficient (Wildman–Crippen LogP) is 4.56. The first kappa shape index (κ1) is 34.5. The van der Waals surface area contributed by atoms with Crippen molar-refractivity contribution in [3.8, 4) is 0 Å². The number of aliphatic hydroxyl groups is 1. The molecular formula is C35H47NO10. The molecule has 2 fully saturated rings. The van der Waals surface area contributed by atoms with Crippen LogP contribution in [0.2, 0.25) is 0 Å². The summed E-state index contributed by atoms with van der Waals surface area (Å²) >= 11 is 0. The number of hydrogen-bond donors (Lipinski definition) is 1.